The smallest absolute Gasteiger partial charge is 0.340 e. The summed E-state index contributed by atoms with van der Waals surface area (Å²) in [6, 6.07) is 12.4. The monoisotopic (exact) mass is 379 g/mol. The number of aliphatic hydroxyl groups is 1. The molecule has 0 saturated heterocycles. The standard InChI is InChI=1S/C22H21NO5/c1-12-15-8-7-14(27-2)10-19(15)28-22(26)17(12)11-20(25)23-21-16-6-4-3-5-13(16)9-18(21)24/h3-8,10,18,21,24H,9,11H2,1-2H3,(H,23,25)/t18-,21+/m0/s1. The molecule has 1 aliphatic rings. The van der Waals surface area contributed by atoms with Crippen molar-refractivity contribution in [1.82, 2.24) is 5.32 Å². The molecule has 0 unspecified atom stereocenters. The maximum atomic E-state index is 12.6. The Morgan fingerprint density at radius 1 is 1.29 bits per heavy atom. The maximum Gasteiger partial charge on any atom is 0.340 e. The van der Waals surface area contributed by atoms with Crippen LogP contribution < -0.4 is 15.7 Å². The van der Waals surface area contributed by atoms with Gasteiger partial charge in [0.25, 0.3) is 0 Å². The van der Waals surface area contributed by atoms with Crippen LogP contribution >= 0.6 is 0 Å². The van der Waals surface area contributed by atoms with Gasteiger partial charge in [0.1, 0.15) is 11.3 Å². The van der Waals surface area contributed by atoms with Crippen molar-refractivity contribution in [3.63, 3.8) is 0 Å². The SMILES string of the molecule is COc1ccc2c(C)c(CC(=O)N[C@@H]3c4ccccc4C[C@@H]3O)c(=O)oc2c1. The van der Waals surface area contributed by atoms with Crippen LogP contribution in [0.4, 0.5) is 0 Å². The van der Waals surface area contributed by atoms with Crippen molar-refractivity contribution in [1.29, 1.82) is 0 Å². The van der Waals surface area contributed by atoms with Gasteiger partial charge < -0.3 is 19.6 Å². The number of ether oxygens (including phenoxy) is 1. The molecule has 1 amide bonds. The second-order valence-corrected chi connectivity index (χ2v) is 7.05. The molecule has 28 heavy (non-hydrogen) atoms. The molecular weight excluding hydrogens is 358 g/mol. The van der Waals surface area contributed by atoms with E-state index in [-0.39, 0.29) is 12.3 Å². The summed E-state index contributed by atoms with van der Waals surface area (Å²) in [5, 5.41) is 13.9. The van der Waals surface area contributed by atoms with Crippen molar-refractivity contribution in [2.75, 3.05) is 7.11 Å². The third kappa shape index (κ3) is 3.16. The highest BCUT2D eigenvalue weighted by Crippen LogP contribution is 2.31. The predicted molar refractivity (Wildman–Crippen MR) is 105 cm³/mol. The van der Waals surface area contributed by atoms with Crippen molar-refractivity contribution in [2.24, 2.45) is 0 Å². The fourth-order valence-corrected chi connectivity index (χ4v) is 3.84. The fourth-order valence-electron chi connectivity index (χ4n) is 3.84. The van der Waals surface area contributed by atoms with E-state index in [0.717, 1.165) is 16.5 Å². The molecule has 0 saturated carbocycles. The average Bonchev–Trinajstić information content (AvgIpc) is 3.00. The van der Waals surface area contributed by atoms with E-state index in [0.29, 0.717) is 28.9 Å². The van der Waals surface area contributed by atoms with Crippen molar-refractivity contribution in [3.05, 3.63) is 75.1 Å². The van der Waals surface area contributed by atoms with E-state index in [4.69, 9.17) is 9.15 Å². The first-order chi connectivity index (χ1) is 13.5. The van der Waals surface area contributed by atoms with Crippen LogP contribution in [0.3, 0.4) is 0 Å². The second kappa shape index (κ2) is 7.13. The maximum absolute atomic E-state index is 12.6. The number of aryl methyl sites for hydroxylation is 1. The summed E-state index contributed by atoms with van der Waals surface area (Å²) < 4.78 is 10.6. The zero-order valence-electron chi connectivity index (χ0n) is 15.7. The molecule has 1 heterocycles. The molecule has 4 rings (SSSR count). The Bertz CT molecular complexity index is 1120. The Balaban J connectivity index is 1.60. The van der Waals surface area contributed by atoms with Gasteiger partial charge in [-0.05, 0) is 35.7 Å². The molecule has 0 bridgehead atoms. The number of nitrogens with one attached hydrogen (secondary N) is 1. The molecule has 1 aliphatic carbocycles. The minimum atomic E-state index is -0.678. The average molecular weight is 379 g/mol. The van der Waals surface area contributed by atoms with Crippen LogP contribution in [0.2, 0.25) is 0 Å². The molecule has 2 aromatic carbocycles. The third-order valence-electron chi connectivity index (χ3n) is 5.35. The molecule has 1 aromatic heterocycles. The number of methoxy groups -OCH3 is 1. The number of hydrogen-bond donors (Lipinski definition) is 2. The lowest BCUT2D eigenvalue weighted by Crippen LogP contribution is -2.35. The molecule has 6 heteroatoms. The van der Waals surface area contributed by atoms with E-state index >= 15 is 0 Å². The molecular formula is C22H21NO5. The highest BCUT2D eigenvalue weighted by molar-refractivity contribution is 5.85. The molecule has 0 radical (unpaired) electrons. The van der Waals surface area contributed by atoms with Crippen LogP contribution in [0.1, 0.15) is 28.3 Å². The summed E-state index contributed by atoms with van der Waals surface area (Å²) in [6.45, 7) is 1.80. The van der Waals surface area contributed by atoms with E-state index in [1.54, 1.807) is 26.2 Å². The highest BCUT2D eigenvalue weighted by Gasteiger charge is 2.32. The van der Waals surface area contributed by atoms with Crippen LogP contribution in [-0.4, -0.2) is 24.2 Å². The highest BCUT2D eigenvalue weighted by atomic mass is 16.5. The predicted octanol–water partition coefficient (Wildman–Crippen LogP) is 2.43. The summed E-state index contributed by atoms with van der Waals surface area (Å²) in [4.78, 5) is 25.1. The van der Waals surface area contributed by atoms with Gasteiger partial charge in [-0.1, -0.05) is 24.3 Å². The number of aliphatic hydroxyl groups excluding tert-OH is 1. The minimum absolute atomic E-state index is 0.110. The summed E-state index contributed by atoms with van der Waals surface area (Å²) in [7, 11) is 1.54. The Morgan fingerprint density at radius 2 is 2.07 bits per heavy atom. The number of carbonyl (C=O) groups excluding carboxylic acids is 1. The quantitative estimate of drug-likeness (QED) is 0.680. The van der Waals surface area contributed by atoms with Crippen molar-refractivity contribution in [3.8, 4) is 5.75 Å². The second-order valence-electron chi connectivity index (χ2n) is 7.05. The summed E-state index contributed by atoms with van der Waals surface area (Å²) >= 11 is 0. The van der Waals surface area contributed by atoms with Gasteiger partial charge in [0, 0.05) is 17.9 Å². The lowest BCUT2D eigenvalue weighted by Gasteiger charge is -2.18. The van der Waals surface area contributed by atoms with Gasteiger partial charge in [0.15, 0.2) is 0 Å². The molecule has 0 fully saturated rings. The number of amides is 1. The van der Waals surface area contributed by atoms with Crippen molar-refractivity contribution in [2.45, 2.75) is 31.9 Å². The molecule has 0 aliphatic heterocycles. The van der Waals surface area contributed by atoms with Gasteiger partial charge in [-0.15, -0.1) is 0 Å². The third-order valence-corrected chi connectivity index (χ3v) is 5.35. The van der Waals surface area contributed by atoms with Crippen LogP contribution in [0.15, 0.2) is 51.7 Å². The Kier molecular flexibility index (Phi) is 4.65. The summed E-state index contributed by atoms with van der Waals surface area (Å²) in [6.07, 6.45) is -0.287. The van der Waals surface area contributed by atoms with Gasteiger partial charge >= 0.3 is 5.63 Å². The normalized spacial score (nSPS) is 18.1. The van der Waals surface area contributed by atoms with Crippen LogP contribution in [0.5, 0.6) is 5.75 Å². The van der Waals surface area contributed by atoms with E-state index < -0.39 is 17.8 Å². The Labute approximate surface area is 161 Å². The van der Waals surface area contributed by atoms with Crippen LogP contribution in [-0.2, 0) is 17.6 Å². The van der Waals surface area contributed by atoms with Gasteiger partial charge in [0.05, 0.1) is 31.2 Å². The number of benzene rings is 2. The number of rotatable bonds is 4. The van der Waals surface area contributed by atoms with Gasteiger partial charge in [0.2, 0.25) is 5.91 Å². The fraction of sp³-hybridized carbons (Fsp3) is 0.273. The number of fused-ring (bicyclic) bond motifs is 2. The Hall–Kier alpha value is -3.12. The zero-order chi connectivity index (χ0) is 19.8. The van der Waals surface area contributed by atoms with Gasteiger partial charge in [-0.25, -0.2) is 4.79 Å². The molecule has 2 N–H and O–H groups in total. The number of carbonyl (C=O) groups is 1. The van der Waals surface area contributed by atoms with Gasteiger partial charge in [-0.2, -0.15) is 0 Å². The molecule has 2 atom stereocenters. The Morgan fingerprint density at radius 3 is 2.86 bits per heavy atom. The van der Waals surface area contributed by atoms with Crippen molar-refractivity contribution < 1.29 is 19.1 Å². The molecule has 3 aromatic rings. The minimum Gasteiger partial charge on any atom is -0.497 e. The van der Waals surface area contributed by atoms with Crippen LogP contribution in [0.25, 0.3) is 11.0 Å². The number of hydrogen-bond acceptors (Lipinski definition) is 5. The van der Waals surface area contributed by atoms with E-state index in [2.05, 4.69) is 5.32 Å². The molecule has 144 valence electrons. The van der Waals surface area contributed by atoms with E-state index in [1.165, 1.54) is 0 Å². The van der Waals surface area contributed by atoms with Crippen LogP contribution in [0, 0.1) is 6.92 Å². The first-order valence-corrected chi connectivity index (χ1v) is 9.13. The summed E-state index contributed by atoms with van der Waals surface area (Å²) in [5.41, 5.74) is 2.84. The topological polar surface area (TPSA) is 88.8 Å². The van der Waals surface area contributed by atoms with E-state index in [9.17, 15) is 14.7 Å². The van der Waals surface area contributed by atoms with Gasteiger partial charge in [-0.3, -0.25) is 4.79 Å². The first kappa shape index (κ1) is 18.3. The molecule has 6 nitrogen and oxygen atoms in total. The lowest BCUT2D eigenvalue weighted by atomic mass is 10.0. The summed E-state index contributed by atoms with van der Waals surface area (Å²) in [5.74, 6) is 0.262. The van der Waals surface area contributed by atoms with E-state index in [1.807, 2.05) is 30.3 Å². The lowest BCUT2D eigenvalue weighted by molar-refractivity contribution is -0.122. The zero-order valence-corrected chi connectivity index (χ0v) is 15.7. The largest absolute Gasteiger partial charge is 0.497 e. The van der Waals surface area contributed by atoms with Crippen molar-refractivity contribution >= 4 is 16.9 Å². The molecule has 0 spiro atoms. The first-order valence-electron chi connectivity index (χ1n) is 9.13.